The molecule has 1 aromatic rings. The van der Waals surface area contributed by atoms with E-state index < -0.39 is 37.1 Å². The maximum atomic E-state index is 12.7. The zero-order chi connectivity index (χ0) is 18.6. The molecule has 9 heteroatoms. The average Bonchev–Trinajstić information content (AvgIpc) is 2.53. The van der Waals surface area contributed by atoms with E-state index in [-0.39, 0.29) is 42.7 Å². The third kappa shape index (κ3) is 5.47. The summed E-state index contributed by atoms with van der Waals surface area (Å²) in [6, 6.07) is 3.60. The number of rotatable bonds is 5. The number of alkyl halides is 5. The van der Waals surface area contributed by atoms with Crippen LogP contribution >= 0.6 is 0 Å². The van der Waals surface area contributed by atoms with Crippen LogP contribution in [-0.2, 0) is 0 Å². The molecule has 1 aliphatic rings. The summed E-state index contributed by atoms with van der Waals surface area (Å²) in [7, 11) is 0. The molecule has 0 spiro atoms. The van der Waals surface area contributed by atoms with Crippen LogP contribution in [0.2, 0.25) is 0 Å². The normalized spacial score (nSPS) is 21.2. The van der Waals surface area contributed by atoms with Crippen LogP contribution in [0.5, 0.6) is 5.75 Å². The van der Waals surface area contributed by atoms with Crippen molar-refractivity contribution in [2.45, 2.75) is 44.3 Å². The number of halogens is 5. The van der Waals surface area contributed by atoms with Gasteiger partial charge in [-0.2, -0.15) is 13.2 Å². The maximum absolute atomic E-state index is 12.7. The number of nitrogen functional groups attached to an aromatic ring is 1. The molecule has 0 radical (unpaired) electrons. The van der Waals surface area contributed by atoms with Gasteiger partial charge in [0.15, 0.2) is 0 Å². The van der Waals surface area contributed by atoms with Crippen LogP contribution in [0.15, 0.2) is 18.2 Å². The second-order valence-electron chi connectivity index (χ2n) is 6.02. The Bertz CT molecular complexity index is 599. The van der Waals surface area contributed by atoms with Gasteiger partial charge in [0.05, 0.1) is 11.5 Å². The van der Waals surface area contributed by atoms with Crippen molar-refractivity contribution in [2.75, 3.05) is 12.3 Å². The number of ether oxygens (including phenoxy) is 1. The molecule has 140 valence electrons. The Morgan fingerprint density at radius 3 is 2.44 bits per heavy atom. The van der Waals surface area contributed by atoms with Gasteiger partial charge >= 0.3 is 6.18 Å². The van der Waals surface area contributed by atoms with Crippen LogP contribution in [0.25, 0.3) is 0 Å². The van der Waals surface area contributed by atoms with E-state index in [1.165, 1.54) is 18.2 Å². The Labute approximate surface area is 141 Å². The van der Waals surface area contributed by atoms with Crippen molar-refractivity contribution in [2.24, 2.45) is 5.92 Å². The number of hydrogen-bond donors (Lipinski definition) is 2. The zero-order valence-electron chi connectivity index (χ0n) is 13.3. The van der Waals surface area contributed by atoms with Gasteiger partial charge in [0.25, 0.3) is 12.3 Å². The Morgan fingerprint density at radius 2 is 1.88 bits per heavy atom. The van der Waals surface area contributed by atoms with Crippen LogP contribution in [-0.4, -0.2) is 31.2 Å². The Balaban J connectivity index is 2.00. The minimum Gasteiger partial charge on any atom is -0.487 e. The van der Waals surface area contributed by atoms with Crippen molar-refractivity contribution < 1.29 is 31.5 Å². The van der Waals surface area contributed by atoms with Crippen LogP contribution < -0.4 is 15.8 Å². The number of hydrogen-bond acceptors (Lipinski definition) is 3. The van der Waals surface area contributed by atoms with Crippen LogP contribution in [0.1, 0.15) is 36.0 Å². The van der Waals surface area contributed by atoms with Gasteiger partial charge in [0.1, 0.15) is 12.4 Å². The van der Waals surface area contributed by atoms with Crippen molar-refractivity contribution in [3.05, 3.63) is 23.8 Å². The first-order chi connectivity index (χ1) is 11.7. The summed E-state index contributed by atoms with van der Waals surface area (Å²) in [5.41, 5.74) is 5.84. The monoisotopic (exact) mass is 366 g/mol. The lowest BCUT2D eigenvalue weighted by Crippen LogP contribution is -2.40. The first-order valence-corrected chi connectivity index (χ1v) is 7.85. The predicted octanol–water partition coefficient (Wildman–Crippen LogP) is 3.76. The predicted molar refractivity (Wildman–Crippen MR) is 81.6 cm³/mol. The molecule has 0 saturated heterocycles. The summed E-state index contributed by atoms with van der Waals surface area (Å²) in [6.45, 7) is -0.874. The third-order valence-corrected chi connectivity index (χ3v) is 4.14. The van der Waals surface area contributed by atoms with E-state index in [2.05, 4.69) is 5.32 Å². The van der Waals surface area contributed by atoms with Crippen LogP contribution in [0, 0.1) is 5.92 Å². The summed E-state index contributed by atoms with van der Waals surface area (Å²) in [6.07, 6.45) is -6.64. The molecule has 0 aromatic heterocycles. The van der Waals surface area contributed by atoms with E-state index >= 15 is 0 Å². The third-order valence-electron chi connectivity index (χ3n) is 4.14. The zero-order valence-corrected chi connectivity index (χ0v) is 13.3. The molecule has 1 fully saturated rings. The molecule has 0 bridgehead atoms. The lowest BCUT2D eigenvalue weighted by atomic mass is 9.85. The van der Waals surface area contributed by atoms with E-state index in [0.717, 1.165) is 0 Å². The number of carbonyl (C=O) groups is 1. The highest BCUT2D eigenvalue weighted by atomic mass is 19.4. The maximum Gasteiger partial charge on any atom is 0.391 e. The number of nitrogens with two attached hydrogens (primary N) is 1. The van der Waals surface area contributed by atoms with Crippen molar-refractivity contribution in [1.29, 1.82) is 0 Å². The molecule has 1 aromatic carbocycles. The first-order valence-electron chi connectivity index (χ1n) is 7.85. The minimum atomic E-state index is -4.22. The second-order valence-corrected chi connectivity index (χ2v) is 6.02. The minimum absolute atomic E-state index is 0.0152. The van der Waals surface area contributed by atoms with E-state index in [1.807, 2.05) is 0 Å². The molecular weight excluding hydrogens is 347 g/mol. The molecule has 4 nitrogen and oxygen atoms in total. The number of amides is 1. The van der Waals surface area contributed by atoms with Gasteiger partial charge in [-0.1, -0.05) is 0 Å². The van der Waals surface area contributed by atoms with Gasteiger partial charge in [-0.15, -0.1) is 0 Å². The van der Waals surface area contributed by atoms with E-state index in [9.17, 15) is 26.7 Å². The topological polar surface area (TPSA) is 64.3 Å². The summed E-state index contributed by atoms with van der Waals surface area (Å²) >= 11 is 0. The molecule has 0 aliphatic heterocycles. The van der Waals surface area contributed by atoms with Gasteiger partial charge in [0, 0.05) is 11.7 Å². The SMILES string of the molecule is Nc1ccc(OCC(F)F)c(C(=O)N[C@H]2CC[C@H](C(F)(F)F)CC2)c1. The molecule has 2 rings (SSSR count). The van der Waals surface area contributed by atoms with Gasteiger partial charge in [-0.3, -0.25) is 4.79 Å². The fourth-order valence-electron chi connectivity index (χ4n) is 2.83. The standard InChI is InChI=1S/C16H19F5N2O2/c17-14(18)8-25-13-6-3-10(22)7-12(13)15(24)23-11-4-1-9(2-5-11)16(19,20)21/h3,6-7,9,11,14H,1-2,4-5,8,22H2,(H,23,24)/t9-,11-. The summed E-state index contributed by atoms with van der Waals surface area (Å²) in [4.78, 5) is 12.4. The first kappa shape index (κ1) is 19.3. The molecule has 1 aliphatic carbocycles. The number of carbonyl (C=O) groups excluding carboxylic acids is 1. The fraction of sp³-hybridized carbons (Fsp3) is 0.562. The van der Waals surface area contributed by atoms with Gasteiger partial charge in [-0.05, 0) is 43.9 Å². The average molecular weight is 366 g/mol. The summed E-state index contributed by atoms with van der Waals surface area (Å²) < 4.78 is 67.5. The van der Waals surface area contributed by atoms with Crippen LogP contribution in [0.4, 0.5) is 27.6 Å². The Morgan fingerprint density at radius 1 is 1.24 bits per heavy atom. The molecule has 0 atom stereocenters. The van der Waals surface area contributed by atoms with Crippen molar-refractivity contribution >= 4 is 11.6 Å². The molecule has 25 heavy (non-hydrogen) atoms. The number of anilines is 1. The number of benzene rings is 1. The Hall–Kier alpha value is -2.06. The van der Waals surface area contributed by atoms with Crippen LogP contribution in [0.3, 0.4) is 0 Å². The smallest absolute Gasteiger partial charge is 0.391 e. The van der Waals surface area contributed by atoms with E-state index in [4.69, 9.17) is 10.5 Å². The lowest BCUT2D eigenvalue weighted by Gasteiger charge is -2.30. The molecule has 3 N–H and O–H groups in total. The van der Waals surface area contributed by atoms with Crippen molar-refractivity contribution in [3.8, 4) is 5.75 Å². The molecule has 1 amide bonds. The number of nitrogens with one attached hydrogen (secondary N) is 1. The molecule has 0 heterocycles. The fourth-order valence-corrected chi connectivity index (χ4v) is 2.83. The quantitative estimate of drug-likeness (QED) is 0.616. The highest BCUT2D eigenvalue weighted by Gasteiger charge is 2.41. The molecule has 0 unspecified atom stereocenters. The van der Waals surface area contributed by atoms with Gasteiger partial charge in [-0.25, -0.2) is 8.78 Å². The van der Waals surface area contributed by atoms with E-state index in [1.54, 1.807) is 0 Å². The second kappa shape index (κ2) is 7.88. The Kier molecular flexibility index (Phi) is 6.07. The lowest BCUT2D eigenvalue weighted by molar-refractivity contribution is -0.182. The van der Waals surface area contributed by atoms with Gasteiger partial charge < -0.3 is 15.8 Å². The van der Waals surface area contributed by atoms with E-state index in [0.29, 0.717) is 0 Å². The van der Waals surface area contributed by atoms with Crippen molar-refractivity contribution in [3.63, 3.8) is 0 Å². The highest BCUT2D eigenvalue weighted by molar-refractivity contribution is 5.98. The molecule has 1 saturated carbocycles. The van der Waals surface area contributed by atoms with Gasteiger partial charge in [0.2, 0.25) is 0 Å². The largest absolute Gasteiger partial charge is 0.487 e. The molecular formula is C16H19F5N2O2. The van der Waals surface area contributed by atoms with Crippen molar-refractivity contribution in [1.82, 2.24) is 5.32 Å². The summed E-state index contributed by atoms with van der Waals surface area (Å²) in [5, 5.41) is 2.63. The highest BCUT2D eigenvalue weighted by Crippen LogP contribution is 2.37. The summed E-state index contributed by atoms with van der Waals surface area (Å²) in [5.74, 6) is -2.00.